The maximum absolute atomic E-state index is 13.2. The fourth-order valence-electron chi connectivity index (χ4n) is 2.68. The van der Waals surface area contributed by atoms with Crippen molar-refractivity contribution in [2.24, 2.45) is 0 Å². The van der Waals surface area contributed by atoms with Gasteiger partial charge >= 0.3 is 0 Å². The lowest BCUT2D eigenvalue weighted by atomic mass is 10.1. The van der Waals surface area contributed by atoms with Crippen LogP contribution in [-0.4, -0.2) is 47.9 Å². The number of hydrogen-bond acceptors (Lipinski definition) is 6. The number of para-hydroxylation sites is 1. The number of aryl methyl sites for hydroxylation is 1. The SMILES string of the molecule is Cc1ccc2nc(N(CCN(C)C)C(=O)c3ccccc3[N+](=O)[O-])sc2c1. The van der Waals surface area contributed by atoms with Crippen molar-refractivity contribution >= 4 is 38.3 Å². The number of hydrogen-bond donors (Lipinski definition) is 0. The van der Waals surface area contributed by atoms with Gasteiger partial charge in [-0.15, -0.1) is 0 Å². The minimum Gasteiger partial charge on any atom is -0.308 e. The first kappa shape index (κ1) is 18.9. The van der Waals surface area contributed by atoms with E-state index in [1.807, 2.05) is 44.1 Å². The Bertz CT molecular complexity index is 1000. The van der Waals surface area contributed by atoms with E-state index in [0.717, 1.165) is 15.8 Å². The molecule has 3 aromatic rings. The molecule has 0 bridgehead atoms. The molecule has 0 spiro atoms. The summed E-state index contributed by atoms with van der Waals surface area (Å²) in [6.07, 6.45) is 0. The lowest BCUT2D eigenvalue weighted by Crippen LogP contribution is -2.37. The van der Waals surface area contributed by atoms with Crippen LogP contribution in [0.1, 0.15) is 15.9 Å². The molecule has 0 unspecified atom stereocenters. The quantitative estimate of drug-likeness (QED) is 0.478. The van der Waals surface area contributed by atoms with E-state index in [9.17, 15) is 14.9 Å². The number of anilines is 1. The summed E-state index contributed by atoms with van der Waals surface area (Å²) in [4.78, 5) is 32.1. The van der Waals surface area contributed by atoms with Gasteiger partial charge in [0.15, 0.2) is 5.13 Å². The molecule has 3 rings (SSSR count). The summed E-state index contributed by atoms with van der Waals surface area (Å²) in [5.74, 6) is -0.417. The molecule has 140 valence electrons. The predicted octanol–water partition coefficient (Wildman–Crippen LogP) is 3.72. The Kier molecular flexibility index (Phi) is 5.48. The fraction of sp³-hybridized carbons (Fsp3) is 0.263. The predicted molar refractivity (Wildman–Crippen MR) is 108 cm³/mol. The molecule has 0 atom stereocenters. The lowest BCUT2D eigenvalue weighted by molar-refractivity contribution is -0.385. The van der Waals surface area contributed by atoms with E-state index in [1.54, 1.807) is 12.1 Å². The molecule has 2 aromatic carbocycles. The molecule has 0 aliphatic rings. The molecule has 7 nitrogen and oxygen atoms in total. The van der Waals surface area contributed by atoms with Crippen molar-refractivity contribution < 1.29 is 9.72 Å². The van der Waals surface area contributed by atoms with Gasteiger partial charge in [-0.3, -0.25) is 19.8 Å². The van der Waals surface area contributed by atoms with E-state index < -0.39 is 10.8 Å². The third-order valence-electron chi connectivity index (χ3n) is 4.11. The van der Waals surface area contributed by atoms with Crippen molar-refractivity contribution in [2.45, 2.75) is 6.92 Å². The number of nitro groups is 1. The lowest BCUT2D eigenvalue weighted by Gasteiger charge is -2.21. The highest BCUT2D eigenvalue weighted by Gasteiger charge is 2.27. The standard InChI is InChI=1S/C19H20N4O3S/c1-13-8-9-15-17(12-13)27-19(20-15)22(11-10-21(2)3)18(24)14-6-4-5-7-16(14)23(25)26/h4-9,12H,10-11H2,1-3H3. The monoisotopic (exact) mass is 384 g/mol. The number of likely N-dealkylation sites (N-methyl/N-ethyl adjacent to an activating group) is 1. The second-order valence-corrected chi connectivity index (χ2v) is 7.51. The van der Waals surface area contributed by atoms with E-state index in [4.69, 9.17) is 0 Å². The zero-order valence-electron chi connectivity index (χ0n) is 15.4. The topological polar surface area (TPSA) is 79.6 Å². The maximum atomic E-state index is 13.2. The van der Waals surface area contributed by atoms with Crippen molar-refractivity contribution in [1.29, 1.82) is 0 Å². The molecule has 1 heterocycles. The number of nitrogens with zero attached hydrogens (tertiary/aromatic N) is 4. The Labute approximate surface area is 161 Å². The number of nitro benzene ring substituents is 1. The van der Waals surface area contributed by atoms with Gasteiger partial charge in [0.05, 0.1) is 15.1 Å². The molecule has 0 N–H and O–H groups in total. The zero-order chi connectivity index (χ0) is 19.6. The van der Waals surface area contributed by atoms with Gasteiger partial charge in [-0.2, -0.15) is 0 Å². The Morgan fingerprint density at radius 2 is 1.93 bits per heavy atom. The molecule has 0 fully saturated rings. The van der Waals surface area contributed by atoms with Crippen molar-refractivity contribution in [3.05, 3.63) is 63.7 Å². The van der Waals surface area contributed by atoms with Gasteiger partial charge in [-0.25, -0.2) is 4.98 Å². The van der Waals surface area contributed by atoms with E-state index in [-0.39, 0.29) is 11.3 Å². The van der Waals surface area contributed by atoms with Crippen molar-refractivity contribution in [3.8, 4) is 0 Å². The summed E-state index contributed by atoms with van der Waals surface area (Å²) >= 11 is 1.41. The summed E-state index contributed by atoms with van der Waals surface area (Å²) in [6, 6.07) is 11.9. The van der Waals surface area contributed by atoms with Crippen LogP contribution in [-0.2, 0) is 0 Å². The van der Waals surface area contributed by atoms with Gasteiger partial charge in [0.2, 0.25) is 0 Å². The first-order chi connectivity index (χ1) is 12.9. The number of rotatable bonds is 6. The van der Waals surface area contributed by atoms with Crippen LogP contribution in [0.2, 0.25) is 0 Å². The maximum Gasteiger partial charge on any atom is 0.282 e. The van der Waals surface area contributed by atoms with Crippen molar-refractivity contribution in [3.63, 3.8) is 0 Å². The number of thiazole rings is 1. The van der Waals surface area contributed by atoms with Crippen LogP contribution in [0.4, 0.5) is 10.8 Å². The highest BCUT2D eigenvalue weighted by atomic mass is 32.1. The molecule has 8 heteroatoms. The average molecular weight is 384 g/mol. The highest BCUT2D eigenvalue weighted by molar-refractivity contribution is 7.22. The number of carbonyl (C=O) groups excluding carboxylic acids is 1. The van der Waals surface area contributed by atoms with Crippen LogP contribution in [0.5, 0.6) is 0 Å². The number of carbonyl (C=O) groups is 1. The highest BCUT2D eigenvalue weighted by Crippen LogP contribution is 2.31. The van der Waals surface area contributed by atoms with Crippen LogP contribution < -0.4 is 4.90 Å². The second-order valence-electron chi connectivity index (χ2n) is 6.50. The van der Waals surface area contributed by atoms with Gasteiger partial charge in [-0.1, -0.05) is 29.5 Å². The average Bonchev–Trinajstić information content (AvgIpc) is 3.04. The van der Waals surface area contributed by atoms with Crippen LogP contribution in [0.15, 0.2) is 42.5 Å². The molecular weight excluding hydrogens is 364 g/mol. The zero-order valence-corrected chi connectivity index (χ0v) is 16.2. The third-order valence-corrected chi connectivity index (χ3v) is 5.15. The van der Waals surface area contributed by atoms with Gasteiger partial charge < -0.3 is 4.90 Å². The molecule has 27 heavy (non-hydrogen) atoms. The summed E-state index contributed by atoms with van der Waals surface area (Å²) in [5.41, 5.74) is 1.79. The smallest absolute Gasteiger partial charge is 0.282 e. The minimum atomic E-state index is -0.529. The minimum absolute atomic E-state index is 0.0664. The molecule has 1 amide bonds. The summed E-state index contributed by atoms with van der Waals surface area (Å²) in [5, 5.41) is 11.9. The van der Waals surface area contributed by atoms with E-state index in [0.29, 0.717) is 18.2 Å². The largest absolute Gasteiger partial charge is 0.308 e. The molecule has 1 aromatic heterocycles. The Hall–Kier alpha value is -2.84. The van der Waals surface area contributed by atoms with Crippen LogP contribution in [0, 0.1) is 17.0 Å². The summed E-state index contributed by atoms with van der Waals surface area (Å²) in [7, 11) is 3.82. The van der Waals surface area contributed by atoms with Gasteiger partial charge in [0, 0.05) is 19.2 Å². The molecule has 0 radical (unpaired) electrons. The Morgan fingerprint density at radius 3 is 2.63 bits per heavy atom. The molecule has 0 aliphatic heterocycles. The van der Waals surface area contributed by atoms with Crippen LogP contribution in [0.3, 0.4) is 0 Å². The van der Waals surface area contributed by atoms with Crippen molar-refractivity contribution in [1.82, 2.24) is 9.88 Å². The number of amides is 1. The number of benzene rings is 2. The first-order valence-corrected chi connectivity index (χ1v) is 9.25. The van der Waals surface area contributed by atoms with Crippen LogP contribution >= 0.6 is 11.3 Å². The number of aromatic nitrogens is 1. The van der Waals surface area contributed by atoms with E-state index >= 15 is 0 Å². The summed E-state index contributed by atoms with van der Waals surface area (Å²) in [6.45, 7) is 3.00. The molecular formula is C19H20N4O3S. The second kappa shape index (κ2) is 7.81. The molecule has 0 aliphatic carbocycles. The number of fused-ring (bicyclic) bond motifs is 1. The van der Waals surface area contributed by atoms with Gasteiger partial charge in [0.1, 0.15) is 5.56 Å². The Morgan fingerprint density at radius 1 is 1.19 bits per heavy atom. The van der Waals surface area contributed by atoms with Gasteiger partial charge in [0.25, 0.3) is 11.6 Å². The first-order valence-electron chi connectivity index (χ1n) is 8.44. The summed E-state index contributed by atoms with van der Waals surface area (Å²) < 4.78 is 0.982. The van der Waals surface area contributed by atoms with Gasteiger partial charge in [-0.05, 0) is 44.8 Å². The van der Waals surface area contributed by atoms with E-state index in [1.165, 1.54) is 28.4 Å². The molecule has 0 saturated carbocycles. The van der Waals surface area contributed by atoms with Crippen LogP contribution in [0.25, 0.3) is 10.2 Å². The molecule has 0 saturated heterocycles. The fourth-order valence-corrected chi connectivity index (χ4v) is 3.77. The van der Waals surface area contributed by atoms with Crippen molar-refractivity contribution in [2.75, 3.05) is 32.1 Å². The normalized spacial score (nSPS) is 11.1. The third kappa shape index (κ3) is 4.12. The Balaban J connectivity index is 2.04. The van der Waals surface area contributed by atoms with E-state index in [2.05, 4.69) is 4.98 Å².